The number of benzene rings is 2. The molecule has 0 bridgehead atoms. The third-order valence-electron chi connectivity index (χ3n) is 6.25. The standard InChI is InChI=1S/C26H30BN3O5S/c31-26(30-25(27(32)33)16-20-8-9-20)21(15-19-5-2-1-3-6-19)18-36(34,35)24-12-10-22(11-13-24)29-23-7-4-14-28-17-23/h1-7,10-14,17,20-21,25,29,32-33H,8-9,15-16,18H2,(H,30,31)/t21-,25+/m1/s1. The van der Waals surface area contributed by atoms with Gasteiger partial charge in [0, 0.05) is 11.9 Å². The number of amides is 1. The molecule has 1 saturated carbocycles. The third-order valence-corrected chi connectivity index (χ3v) is 8.08. The molecule has 1 aromatic heterocycles. The van der Waals surface area contributed by atoms with Gasteiger partial charge in [-0.15, -0.1) is 0 Å². The lowest BCUT2D eigenvalue weighted by Gasteiger charge is -2.22. The SMILES string of the molecule is O=C(N[C@@H](CC1CC1)B(O)O)[C@H](Cc1ccccc1)CS(=O)(=O)c1ccc(Nc2cccnc2)cc1. The highest BCUT2D eigenvalue weighted by Crippen LogP contribution is 2.33. The van der Waals surface area contributed by atoms with Crippen molar-refractivity contribution < 1.29 is 23.3 Å². The van der Waals surface area contributed by atoms with Crippen molar-refractivity contribution in [1.29, 1.82) is 0 Å². The van der Waals surface area contributed by atoms with Gasteiger partial charge in [0.15, 0.2) is 9.84 Å². The van der Waals surface area contributed by atoms with Crippen LogP contribution in [0.1, 0.15) is 24.8 Å². The van der Waals surface area contributed by atoms with Crippen molar-refractivity contribution >= 4 is 34.2 Å². The molecule has 2 aromatic carbocycles. The summed E-state index contributed by atoms with van der Waals surface area (Å²) in [7, 11) is -5.51. The zero-order valence-corrected chi connectivity index (χ0v) is 20.6. The summed E-state index contributed by atoms with van der Waals surface area (Å²) in [5.74, 6) is -2.28. The minimum Gasteiger partial charge on any atom is -0.426 e. The number of hydrogen-bond acceptors (Lipinski definition) is 7. The second kappa shape index (κ2) is 11.7. The Morgan fingerprint density at radius 2 is 1.72 bits per heavy atom. The van der Waals surface area contributed by atoms with Crippen LogP contribution >= 0.6 is 0 Å². The zero-order chi connectivity index (χ0) is 25.5. The van der Waals surface area contributed by atoms with Gasteiger partial charge in [-0.1, -0.05) is 43.2 Å². The number of pyridine rings is 1. The van der Waals surface area contributed by atoms with Crippen molar-refractivity contribution in [2.24, 2.45) is 11.8 Å². The normalized spacial score (nSPS) is 15.1. The van der Waals surface area contributed by atoms with E-state index in [-0.39, 0.29) is 11.3 Å². The highest BCUT2D eigenvalue weighted by molar-refractivity contribution is 7.91. The quantitative estimate of drug-likeness (QED) is 0.278. The molecular formula is C26H30BN3O5S. The molecule has 0 spiro atoms. The number of aromatic nitrogens is 1. The average Bonchev–Trinajstić information content (AvgIpc) is 3.69. The number of anilines is 2. The van der Waals surface area contributed by atoms with Crippen molar-refractivity contribution in [3.8, 4) is 0 Å². The number of hydrogen-bond donors (Lipinski definition) is 4. The summed E-state index contributed by atoms with van der Waals surface area (Å²) in [6.45, 7) is 0. The van der Waals surface area contributed by atoms with Gasteiger partial charge in [-0.05, 0) is 60.7 Å². The van der Waals surface area contributed by atoms with Gasteiger partial charge in [0.25, 0.3) is 0 Å². The molecule has 1 aliphatic rings. The molecule has 1 amide bonds. The third kappa shape index (κ3) is 7.40. The fraction of sp³-hybridized carbons (Fsp3) is 0.308. The van der Waals surface area contributed by atoms with Crippen LogP contribution in [0.3, 0.4) is 0 Å². The minimum atomic E-state index is -3.81. The van der Waals surface area contributed by atoms with Gasteiger partial charge in [-0.2, -0.15) is 0 Å². The van der Waals surface area contributed by atoms with Crippen molar-refractivity contribution in [2.45, 2.75) is 36.5 Å². The topological polar surface area (TPSA) is 129 Å². The fourth-order valence-electron chi connectivity index (χ4n) is 4.10. The van der Waals surface area contributed by atoms with Gasteiger partial charge < -0.3 is 20.7 Å². The van der Waals surface area contributed by atoms with Crippen LogP contribution in [-0.2, 0) is 21.1 Å². The molecule has 2 atom stereocenters. The van der Waals surface area contributed by atoms with Gasteiger partial charge >= 0.3 is 7.12 Å². The molecule has 1 aliphatic carbocycles. The van der Waals surface area contributed by atoms with Crippen molar-refractivity contribution in [3.05, 3.63) is 84.7 Å². The van der Waals surface area contributed by atoms with Gasteiger partial charge in [-0.25, -0.2) is 8.42 Å². The van der Waals surface area contributed by atoms with E-state index in [1.165, 1.54) is 12.1 Å². The molecule has 4 N–H and O–H groups in total. The Balaban J connectivity index is 1.50. The minimum absolute atomic E-state index is 0.113. The highest BCUT2D eigenvalue weighted by Gasteiger charge is 2.35. The second-order valence-corrected chi connectivity index (χ2v) is 11.3. The number of sulfone groups is 1. The average molecular weight is 507 g/mol. The molecule has 10 heteroatoms. The lowest BCUT2D eigenvalue weighted by molar-refractivity contribution is -0.124. The number of nitrogens with zero attached hydrogens (tertiary/aromatic N) is 1. The molecule has 4 rings (SSSR count). The molecule has 0 aliphatic heterocycles. The second-order valence-electron chi connectivity index (χ2n) is 9.27. The summed E-state index contributed by atoms with van der Waals surface area (Å²) in [5, 5.41) is 25.4. The molecule has 3 aromatic rings. The largest absolute Gasteiger partial charge is 0.475 e. The van der Waals surface area contributed by atoms with Crippen LogP contribution < -0.4 is 10.6 Å². The first-order valence-electron chi connectivity index (χ1n) is 12.0. The molecule has 36 heavy (non-hydrogen) atoms. The Bertz CT molecular complexity index is 1240. The predicted molar refractivity (Wildman–Crippen MR) is 139 cm³/mol. The Kier molecular flexibility index (Phi) is 8.40. The summed E-state index contributed by atoms with van der Waals surface area (Å²) in [4.78, 5) is 17.4. The fourth-order valence-corrected chi connectivity index (χ4v) is 5.65. The maximum Gasteiger partial charge on any atom is 0.475 e. The molecular weight excluding hydrogens is 477 g/mol. The van der Waals surface area contributed by atoms with Gasteiger partial charge in [0.1, 0.15) is 0 Å². The van der Waals surface area contributed by atoms with E-state index in [1.54, 1.807) is 30.6 Å². The molecule has 188 valence electrons. The summed E-state index contributed by atoms with van der Waals surface area (Å²) < 4.78 is 26.6. The maximum atomic E-state index is 13.3. The number of nitrogens with one attached hydrogen (secondary N) is 2. The molecule has 1 heterocycles. The van der Waals surface area contributed by atoms with E-state index in [0.717, 1.165) is 24.1 Å². The Morgan fingerprint density at radius 3 is 2.33 bits per heavy atom. The monoisotopic (exact) mass is 507 g/mol. The first-order chi connectivity index (χ1) is 17.3. The molecule has 1 fully saturated rings. The molecule has 0 saturated heterocycles. The molecule has 0 radical (unpaired) electrons. The van der Waals surface area contributed by atoms with Crippen LogP contribution in [0.2, 0.25) is 0 Å². The summed E-state index contributed by atoms with van der Waals surface area (Å²) in [6, 6.07) is 19.2. The van der Waals surface area contributed by atoms with Crippen molar-refractivity contribution in [2.75, 3.05) is 11.1 Å². The van der Waals surface area contributed by atoms with Gasteiger partial charge in [-0.3, -0.25) is 9.78 Å². The summed E-state index contributed by atoms with van der Waals surface area (Å²) in [6.07, 6.45) is 5.98. The predicted octanol–water partition coefficient (Wildman–Crippen LogP) is 2.75. The van der Waals surface area contributed by atoms with E-state index in [0.29, 0.717) is 18.0 Å². The van der Waals surface area contributed by atoms with Gasteiger partial charge in [0.2, 0.25) is 5.91 Å². The van der Waals surface area contributed by atoms with Crippen LogP contribution in [0.4, 0.5) is 11.4 Å². The summed E-state index contributed by atoms with van der Waals surface area (Å²) in [5.41, 5.74) is 2.31. The number of carbonyl (C=O) groups is 1. The first kappa shape index (κ1) is 25.9. The summed E-state index contributed by atoms with van der Waals surface area (Å²) >= 11 is 0. The van der Waals surface area contributed by atoms with E-state index in [9.17, 15) is 23.3 Å². The molecule has 0 unspecified atom stereocenters. The lowest BCUT2D eigenvalue weighted by atomic mass is 9.76. The van der Waals surface area contributed by atoms with Gasteiger partial charge in [0.05, 0.1) is 34.4 Å². The maximum absolute atomic E-state index is 13.3. The van der Waals surface area contributed by atoms with E-state index in [2.05, 4.69) is 15.6 Å². The number of rotatable bonds is 12. The van der Waals surface area contributed by atoms with E-state index >= 15 is 0 Å². The van der Waals surface area contributed by atoms with Crippen LogP contribution in [0, 0.1) is 11.8 Å². The zero-order valence-electron chi connectivity index (χ0n) is 19.8. The highest BCUT2D eigenvalue weighted by atomic mass is 32.2. The smallest absolute Gasteiger partial charge is 0.426 e. The van der Waals surface area contributed by atoms with E-state index < -0.39 is 40.5 Å². The van der Waals surface area contributed by atoms with Crippen molar-refractivity contribution in [1.82, 2.24) is 10.3 Å². The van der Waals surface area contributed by atoms with Crippen LogP contribution in [0.15, 0.2) is 84.0 Å². The molecule has 8 nitrogen and oxygen atoms in total. The van der Waals surface area contributed by atoms with Crippen molar-refractivity contribution in [3.63, 3.8) is 0 Å². The van der Waals surface area contributed by atoms with E-state index in [1.807, 2.05) is 36.4 Å². The first-order valence-corrected chi connectivity index (χ1v) is 13.7. The van der Waals surface area contributed by atoms with Crippen LogP contribution in [-0.4, -0.2) is 48.2 Å². The lowest BCUT2D eigenvalue weighted by Crippen LogP contribution is -2.50. The Morgan fingerprint density at radius 1 is 1.00 bits per heavy atom. The van der Waals surface area contributed by atoms with E-state index in [4.69, 9.17) is 0 Å². The van der Waals surface area contributed by atoms with Crippen LogP contribution in [0.25, 0.3) is 0 Å². The Hall–Kier alpha value is -3.21. The number of carbonyl (C=O) groups excluding carboxylic acids is 1. The van der Waals surface area contributed by atoms with Crippen LogP contribution in [0.5, 0.6) is 0 Å². The Labute approximate surface area is 211 Å².